The lowest BCUT2D eigenvalue weighted by atomic mass is 9.90. The van der Waals surface area contributed by atoms with Crippen molar-refractivity contribution >= 4 is 33.2 Å². The first-order valence-electron chi connectivity index (χ1n) is 10.9. The van der Waals surface area contributed by atoms with Crippen molar-refractivity contribution in [3.05, 3.63) is 94.5 Å². The maximum atomic E-state index is 13.6. The smallest absolute Gasteiger partial charge is 0.255 e. The van der Waals surface area contributed by atoms with Crippen LogP contribution in [0.15, 0.2) is 71.6 Å². The van der Waals surface area contributed by atoms with E-state index < -0.39 is 38.7 Å². The molecule has 2 atom stereocenters. The topological polar surface area (TPSA) is 86.7 Å². The summed E-state index contributed by atoms with van der Waals surface area (Å²) in [7, 11) is -3.95. The predicted molar refractivity (Wildman–Crippen MR) is 129 cm³/mol. The molecule has 184 valence electrons. The third kappa shape index (κ3) is 5.70. The number of carbonyl (C=O) groups excluding carboxylic acids is 1. The van der Waals surface area contributed by atoms with E-state index in [-0.39, 0.29) is 35.2 Å². The van der Waals surface area contributed by atoms with Crippen molar-refractivity contribution in [3.8, 4) is 0 Å². The summed E-state index contributed by atoms with van der Waals surface area (Å²) in [5, 5.41) is 12.4. The lowest BCUT2D eigenvalue weighted by Crippen LogP contribution is -2.46. The summed E-state index contributed by atoms with van der Waals surface area (Å²) in [5.41, 5.74) is 0.956. The first-order chi connectivity index (χ1) is 16.6. The molecule has 0 spiro atoms. The SMILES string of the molecule is O=C(Nc1cc(F)c(F)c(Cl)c1)c1cccc(S(=O)(=O)N2CCC(O)C(Cc3ccccc3)C2)c1. The Morgan fingerprint density at radius 2 is 1.83 bits per heavy atom. The minimum Gasteiger partial charge on any atom is -0.393 e. The number of piperidine rings is 1. The summed E-state index contributed by atoms with van der Waals surface area (Å²) in [6.45, 7) is 0.292. The number of nitrogens with one attached hydrogen (secondary N) is 1. The number of amides is 1. The Labute approximate surface area is 207 Å². The van der Waals surface area contributed by atoms with Crippen LogP contribution in [0.4, 0.5) is 14.5 Å². The maximum absolute atomic E-state index is 13.6. The lowest BCUT2D eigenvalue weighted by molar-refractivity contribution is 0.0540. The molecule has 0 bridgehead atoms. The molecule has 0 radical (unpaired) electrons. The first kappa shape index (κ1) is 25.2. The number of sulfonamides is 1. The van der Waals surface area contributed by atoms with Crippen LogP contribution >= 0.6 is 11.6 Å². The summed E-state index contributed by atoms with van der Waals surface area (Å²) in [6.07, 6.45) is 0.211. The molecule has 1 saturated heterocycles. The van der Waals surface area contributed by atoms with Gasteiger partial charge in [0.15, 0.2) is 11.6 Å². The standard InChI is InChI=1S/C25H23ClF2N2O4S/c26-21-13-19(14-22(27)24(21)28)29-25(32)17-7-4-8-20(12-17)35(33,34)30-10-9-23(31)18(15-30)11-16-5-2-1-3-6-16/h1-8,12-14,18,23,31H,9-11,15H2,(H,29,32). The van der Waals surface area contributed by atoms with Crippen molar-refractivity contribution in [3.63, 3.8) is 0 Å². The highest BCUT2D eigenvalue weighted by molar-refractivity contribution is 7.89. The van der Waals surface area contributed by atoms with E-state index in [1.54, 1.807) is 0 Å². The molecule has 1 aliphatic heterocycles. The molecule has 1 aliphatic rings. The van der Waals surface area contributed by atoms with E-state index in [0.717, 1.165) is 17.7 Å². The molecule has 0 saturated carbocycles. The van der Waals surface area contributed by atoms with Gasteiger partial charge in [0.25, 0.3) is 5.91 Å². The van der Waals surface area contributed by atoms with Crippen LogP contribution in [0.3, 0.4) is 0 Å². The monoisotopic (exact) mass is 520 g/mol. The Hall–Kier alpha value is -2.85. The molecule has 35 heavy (non-hydrogen) atoms. The Bertz CT molecular complexity index is 1320. The van der Waals surface area contributed by atoms with Gasteiger partial charge in [0.2, 0.25) is 10.0 Å². The van der Waals surface area contributed by atoms with Crippen molar-refractivity contribution in [1.29, 1.82) is 0 Å². The fourth-order valence-electron chi connectivity index (χ4n) is 4.10. The van der Waals surface area contributed by atoms with Crippen LogP contribution in [0.5, 0.6) is 0 Å². The number of benzene rings is 3. The zero-order valence-electron chi connectivity index (χ0n) is 18.5. The number of carbonyl (C=O) groups is 1. The Morgan fingerprint density at radius 3 is 2.54 bits per heavy atom. The molecule has 3 aromatic rings. The molecule has 0 aliphatic carbocycles. The summed E-state index contributed by atoms with van der Waals surface area (Å²) >= 11 is 5.62. The molecular weight excluding hydrogens is 498 g/mol. The van der Waals surface area contributed by atoms with Crippen molar-refractivity contribution in [2.45, 2.75) is 23.8 Å². The van der Waals surface area contributed by atoms with Gasteiger partial charge in [-0.3, -0.25) is 4.79 Å². The van der Waals surface area contributed by atoms with Crippen LogP contribution in [0.2, 0.25) is 5.02 Å². The van der Waals surface area contributed by atoms with E-state index in [0.29, 0.717) is 12.8 Å². The second-order valence-electron chi connectivity index (χ2n) is 8.40. The van der Waals surface area contributed by atoms with Crippen LogP contribution < -0.4 is 5.32 Å². The number of hydrogen-bond acceptors (Lipinski definition) is 4. The minimum absolute atomic E-state index is 0.0183. The fraction of sp³-hybridized carbons (Fsp3) is 0.240. The van der Waals surface area contributed by atoms with Gasteiger partial charge in [-0.05, 0) is 42.7 Å². The number of halogens is 3. The van der Waals surface area contributed by atoms with Crippen LogP contribution in [0.25, 0.3) is 0 Å². The van der Waals surface area contributed by atoms with Crippen LogP contribution in [0.1, 0.15) is 22.3 Å². The molecule has 2 N–H and O–H groups in total. The normalized spacial score (nSPS) is 18.9. The molecule has 1 heterocycles. The number of nitrogens with zero attached hydrogens (tertiary/aromatic N) is 1. The number of hydrogen-bond donors (Lipinski definition) is 2. The zero-order valence-corrected chi connectivity index (χ0v) is 20.1. The van der Waals surface area contributed by atoms with Crippen LogP contribution in [-0.2, 0) is 16.4 Å². The quantitative estimate of drug-likeness (QED) is 0.469. The summed E-state index contributed by atoms with van der Waals surface area (Å²) in [4.78, 5) is 12.6. The highest BCUT2D eigenvalue weighted by Gasteiger charge is 2.35. The minimum atomic E-state index is -3.95. The summed E-state index contributed by atoms with van der Waals surface area (Å²) in [6, 6.07) is 16.8. The molecular formula is C25H23ClF2N2O4S. The average molecular weight is 521 g/mol. The van der Waals surface area contributed by atoms with Crippen LogP contribution in [-0.4, -0.2) is 42.9 Å². The lowest BCUT2D eigenvalue weighted by Gasteiger charge is -2.35. The van der Waals surface area contributed by atoms with E-state index in [1.165, 1.54) is 28.6 Å². The molecule has 4 rings (SSSR count). The molecule has 1 fully saturated rings. The number of aliphatic hydroxyl groups is 1. The fourth-order valence-corrected chi connectivity index (χ4v) is 5.87. The Balaban J connectivity index is 1.52. The molecule has 0 aromatic heterocycles. The molecule has 3 aromatic carbocycles. The van der Waals surface area contributed by atoms with E-state index in [9.17, 15) is 27.1 Å². The van der Waals surface area contributed by atoms with Gasteiger partial charge in [0, 0.05) is 36.3 Å². The summed E-state index contributed by atoms with van der Waals surface area (Å²) in [5.74, 6) is -3.43. The Kier molecular flexibility index (Phi) is 7.51. The van der Waals surface area contributed by atoms with Gasteiger partial charge < -0.3 is 10.4 Å². The maximum Gasteiger partial charge on any atom is 0.255 e. The van der Waals surface area contributed by atoms with Crippen molar-refractivity contribution < 1.29 is 27.1 Å². The van der Waals surface area contributed by atoms with Crippen LogP contribution in [0, 0.1) is 17.6 Å². The molecule has 10 heteroatoms. The third-order valence-corrected chi connectivity index (χ3v) is 8.11. The van der Waals surface area contributed by atoms with E-state index in [2.05, 4.69) is 5.32 Å². The highest BCUT2D eigenvalue weighted by atomic mass is 35.5. The highest BCUT2D eigenvalue weighted by Crippen LogP contribution is 2.28. The van der Waals surface area contributed by atoms with Gasteiger partial charge in [0.05, 0.1) is 16.0 Å². The van der Waals surface area contributed by atoms with E-state index in [1.807, 2.05) is 30.3 Å². The van der Waals surface area contributed by atoms with Gasteiger partial charge in [-0.2, -0.15) is 4.31 Å². The van der Waals surface area contributed by atoms with Gasteiger partial charge in [0.1, 0.15) is 0 Å². The van der Waals surface area contributed by atoms with E-state index >= 15 is 0 Å². The van der Waals surface area contributed by atoms with Crippen molar-refractivity contribution in [1.82, 2.24) is 4.31 Å². The van der Waals surface area contributed by atoms with Gasteiger partial charge >= 0.3 is 0 Å². The van der Waals surface area contributed by atoms with Gasteiger partial charge in [-0.15, -0.1) is 0 Å². The second-order valence-corrected chi connectivity index (χ2v) is 10.7. The van der Waals surface area contributed by atoms with Gasteiger partial charge in [-0.1, -0.05) is 48.0 Å². The van der Waals surface area contributed by atoms with E-state index in [4.69, 9.17) is 11.6 Å². The number of anilines is 1. The number of rotatable bonds is 6. The predicted octanol–water partition coefficient (Wildman–Crippen LogP) is 4.48. The van der Waals surface area contributed by atoms with Crippen molar-refractivity contribution in [2.24, 2.45) is 5.92 Å². The number of aliphatic hydroxyl groups excluding tert-OH is 1. The zero-order chi connectivity index (χ0) is 25.2. The average Bonchev–Trinajstić information content (AvgIpc) is 2.84. The largest absolute Gasteiger partial charge is 0.393 e. The summed E-state index contributed by atoms with van der Waals surface area (Å²) < 4.78 is 55.0. The molecule has 6 nitrogen and oxygen atoms in total. The third-order valence-electron chi connectivity index (χ3n) is 5.97. The molecule has 1 amide bonds. The second kappa shape index (κ2) is 10.4. The Morgan fingerprint density at radius 1 is 1.09 bits per heavy atom. The molecule has 2 unspecified atom stereocenters. The van der Waals surface area contributed by atoms with Crippen molar-refractivity contribution in [2.75, 3.05) is 18.4 Å². The van der Waals surface area contributed by atoms with Gasteiger partial charge in [-0.25, -0.2) is 17.2 Å². The first-order valence-corrected chi connectivity index (χ1v) is 12.7.